The standard InChI is InChI=1S/C16H23NOS/c1-18-15-4-3-13(12-5-9-19-10-6-12)11-14(15)16(17)7-2-8-16/h3-4,11-12H,2,5-10,17H2,1H3. The molecule has 1 aliphatic carbocycles. The number of thioether (sulfide) groups is 1. The Kier molecular flexibility index (Phi) is 3.77. The van der Waals surface area contributed by atoms with E-state index in [1.165, 1.54) is 41.9 Å². The van der Waals surface area contributed by atoms with Gasteiger partial charge in [-0.25, -0.2) is 0 Å². The predicted octanol–water partition coefficient (Wildman–Crippen LogP) is 3.64. The van der Waals surface area contributed by atoms with E-state index in [4.69, 9.17) is 10.5 Å². The minimum Gasteiger partial charge on any atom is -0.496 e. The molecule has 104 valence electrons. The minimum absolute atomic E-state index is 0.134. The largest absolute Gasteiger partial charge is 0.496 e. The average molecular weight is 277 g/mol. The zero-order valence-electron chi connectivity index (χ0n) is 11.7. The number of rotatable bonds is 3. The van der Waals surface area contributed by atoms with E-state index in [1.54, 1.807) is 7.11 Å². The number of benzene rings is 1. The molecule has 2 aliphatic rings. The van der Waals surface area contributed by atoms with E-state index in [1.807, 2.05) is 0 Å². The molecule has 0 atom stereocenters. The van der Waals surface area contributed by atoms with Gasteiger partial charge in [0.15, 0.2) is 0 Å². The van der Waals surface area contributed by atoms with Crippen LogP contribution in [0, 0.1) is 0 Å². The van der Waals surface area contributed by atoms with E-state index >= 15 is 0 Å². The van der Waals surface area contributed by atoms with Crippen molar-refractivity contribution in [2.75, 3.05) is 18.6 Å². The molecule has 1 aromatic carbocycles. The fourth-order valence-electron chi connectivity index (χ4n) is 3.23. The Morgan fingerprint density at radius 3 is 2.58 bits per heavy atom. The maximum Gasteiger partial charge on any atom is 0.123 e. The maximum absolute atomic E-state index is 6.51. The Balaban J connectivity index is 1.92. The van der Waals surface area contributed by atoms with Gasteiger partial charge in [-0.05, 0) is 67.2 Å². The van der Waals surface area contributed by atoms with Crippen molar-refractivity contribution in [2.24, 2.45) is 5.73 Å². The Hall–Kier alpha value is -0.670. The fourth-order valence-corrected chi connectivity index (χ4v) is 4.33. The summed E-state index contributed by atoms with van der Waals surface area (Å²) in [6.45, 7) is 0. The van der Waals surface area contributed by atoms with Crippen molar-refractivity contribution in [3.8, 4) is 5.75 Å². The lowest BCUT2D eigenvalue weighted by molar-refractivity contribution is 0.243. The van der Waals surface area contributed by atoms with Gasteiger partial charge in [0.25, 0.3) is 0 Å². The van der Waals surface area contributed by atoms with Gasteiger partial charge in [-0.3, -0.25) is 0 Å². The van der Waals surface area contributed by atoms with Crippen molar-refractivity contribution in [3.63, 3.8) is 0 Å². The molecule has 19 heavy (non-hydrogen) atoms. The van der Waals surface area contributed by atoms with E-state index in [0.29, 0.717) is 0 Å². The van der Waals surface area contributed by atoms with Gasteiger partial charge in [-0.15, -0.1) is 0 Å². The highest BCUT2D eigenvalue weighted by Crippen LogP contribution is 2.44. The third-order valence-corrected chi connectivity index (χ3v) is 5.75. The van der Waals surface area contributed by atoms with E-state index in [-0.39, 0.29) is 5.54 Å². The smallest absolute Gasteiger partial charge is 0.123 e. The molecule has 1 aliphatic heterocycles. The Morgan fingerprint density at radius 1 is 1.26 bits per heavy atom. The molecule has 1 saturated heterocycles. The van der Waals surface area contributed by atoms with Crippen molar-refractivity contribution in [2.45, 2.75) is 43.6 Å². The lowest BCUT2D eigenvalue weighted by Gasteiger charge is -2.40. The van der Waals surface area contributed by atoms with Crippen molar-refractivity contribution in [1.29, 1.82) is 0 Å². The summed E-state index contributed by atoms with van der Waals surface area (Å²) in [6.07, 6.45) is 6.02. The number of hydrogen-bond donors (Lipinski definition) is 1. The molecule has 2 fully saturated rings. The van der Waals surface area contributed by atoms with Crippen LogP contribution in [0.2, 0.25) is 0 Å². The number of nitrogens with two attached hydrogens (primary N) is 1. The summed E-state index contributed by atoms with van der Waals surface area (Å²) in [4.78, 5) is 0. The number of ether oxygens (including phenoxy) is 1. The normalized spacial score (nSPS) is 22.8. The average Bonchev–Trinajstić information content (AvgIpc) is 2.45. The second-order valence-electron chi connectivity index (χ2n) is 5.86. The highest BCUT2D eigenvalue weighted by molar-refractivity contribution is 7.99. The molecule has 1 heterocycles. The molecule has 0 unspecified atom stereocenters. The highest BCUT2D eigenvalue weighted by atomic mass is 32.2. The van der Waals surface area contributed by atoms with Gasteiger partial charge in [0, 0.05) is 11.1 Å². The van der Waals surface area contributed by atoms with Gasteiger partial charge in [-0.2, -0.15) is 11.8 Å². The number of methoxy groups -OCH3 is 1. The molecule has 0 spiro atoms. The Bertz CT molecular complexity index is 450. The van der Waals surface area contributed by atoms with Crippen LogP contribution >= 0.6 is 11.8 Å². The minimum atomic E-state index is -0.134. The second-order valence-corrected chi connectivity index (χ2v) is 7.08. The van der Waals surface area contributed by atoms with Gasteiger partial charge < -0.3 is 10.5 Å². The van der Waals surface area contributed by atoms with E-state index < -0.39 is 0 Å². The first-order chi connectivity index (χ1) is 9.23. The summed E-state index contributed by atoms with van der Waals surface area (Å²) in [5.74, 6) is 4.27. The molecule has 0 aromatic heterocycles. The molecule has 0 amide bonds. The topological polar surface area (TPSA) is 35.2 Å². The van der Waals surface area contributed by atoms with Crippen LogP contribution in [0.3, 0.4) is 0 Å². The maximum atomic E-state index is 6.51. The van der Waals surface area contributed by atoms with Gasteiger partial charge in [0.2, 0.25) is 0 Å². The first kappa shape index (κ1) is 13.3. The molecule has 3 rings (SSSR count). The van der Waals surface area contributed by atoms with Crippen molar-refractivity contribution in [1.82, 2.24) is 0 Å². The van der Waals surface area contributed by atoms with Crippen LogP contribution in [0.5, 0.6) is 5.75 Å². The van der Waals surface area contributed by atoms with Gasteiger partial charge in [-0.1, -0.05) is 6.07 Å². The first-order valence-corrected chi connectivity index (χ1v) is 8.43. The molecule has 1 aromatic rings. The monoisotopic (exact) mass is 277 g/mol. The SMILES string of the molecule is COc1ccc(C2CCSCC2)cc1C1(N)CCC1. The van der Waals surface area contributed by atoms with Crippen LogP contribution in [0.1, 0.15) is 49.1 Å². The van der Waals surface area contributed by atoms with E-state index in [2.05, 4.69) is 30.0 Å². The third kappa shape index (κ3) is 2.50. The third-order valence-electron chi connectivity index (χ3n) is 4.70. The van der Waals surface area contributed by atoms with Crippen molar-refractivity contribution in [3.05, 3.63) is 29.3 Å². The quantitative estimate of drug-likeness (QED) is 0.916. The van der Waals surface area contributed by atoms with Gasteiger partial charge >= 0.3 is 0 Å². The summed E-state index contributed by atoms with van der Waals surface area (Å²) in [6, 6.07) is 6.70. The molecule has 2 N–H and O–H groups in total. The lowest BCUT2D eigenvalue weighted by Crippen LogP contribution is -2.43. The van der Waals surface area contributed by atoms with Gasteiger partial charge in [0.1, 0.15) is 5.75 Å². The Morgan fingerprint density at radius 2 is 2.00 bits per heavy atom. The summed E-state index contributed by atoms with van der Waals surface area (Å²) >= 11 is 2.08. The summed E-state index contributed by atoms with van der Waals surface area (Å²) in [5, 5.41) is 0. The summed E-state index contributed by atoms with van der Waals surface area (Å²) in [7, 11) is 1.75. The molecular weight excluding hydrogens is 254 g/mol. The molecular formula is C16H23NOS. The molecule has 2 nitrogen and oxygen atoms in total. The molecule has 3 heteroatoms. The lowest BCUT2D eigenvalue weighted by atomic mass is 9.71. The van der Waals surface area contributed by atoms with E-state index in [9.17, 15) is 0 Å². The van der Waals surface area contributed by atoms with E-state index in [0.717, 1.165) is 24.5 Å². The fraction of sp³-hybridized carbons (Fsp3) is 0.625. The van der Waals surface area contributed by atoms with Crippen LogP contribution in [-0.4, -0.2) is 18.6 Å². The van der Waals surface area contributed by atoms with Gasteiger partial charge in [0.05, 0.1) is 7.11 Å². The van der Waals surface area contributed by atoms with Crippen molar-refractivity contribution >= 4 is 11.8 Å². The van der Waals surface area contributed by atoms with Crippen LogP contribution in [-0.2, 0) is 5.54 Å². The summed E-state index contributed by atoms with van der Waals surface area (Å²) < 4.78 is 5.53. The zero-order valence-corrected chi connectivity index (χ0v) is 12.5. The summed E-state index contributed by atoms with van der Waals surface area (Å²) in [5.41, 5.74) is 9.08. The second kappa shape index (κ2) is 5.37. The molecule has 1 saturated carbocycles. The first-order valence-electron chi connectivity index (χ1n) is 7.28. The van der Waals surface area contributed by atoms with Crippen LogP contribution in [0.15, 0.2) is 18.2 Å². The molecule has 0 radical (unpaired) electrons. The number of hydrogen-bond acceptors (Lipinski definition) is 3. The van der Waals surface area contributed by atoms with Crippen LogP contribution < -0.4 is 10.5 Å². The van der Waals surface area contributed by atoms with Crippen LogP contribution in [0.25, 0.3) is 0 Å². The highest BCUT2D eigenvalue weighted by Gasteiger charge is 2.37. The van der Waals surface area contributed by atoms with Crippen molar-refractivity contribution < 1.29 is 4.74 Å². The predicted molar refractivity (Wildman–Crippen MR) is 82.0 cm³/mol. The zero-order chi connectivity index (χ0) is 13.3. The van der Waals surface area contributed by atoms with Crippen LogP contribution in [0.4, 0.5) is 0 Å². The molecule has 0 bridgehead atoms. The Labute approximate surface area is 120 Å².